The second-order valence-electron chi connectivity index (χ2n) is 6.04. The molecule has 8 heteroatoms. The highest BCUT2D eigenvalue weighted by atomic mass is 19.4. The summed E-state index contributed by atoms with van der Waals surface area (Å²) in [5, 5.41) is 6.78. The minimum absolute atomic E-state index is 0.0491. The van der Waals surface area contributed by atoms with Crippen LogP contribution in [0.5, 0.6) is 0 Å². The van der Waals surface area contributed by atoms with Gasteiger partial charge in [-0.25, -0.2) is 0 Å². The number of alkyl halides is 3. The van der Waals surface area contributed by atoms with Crippen LogP contribution >= 0.6 is 0 Å². The van der Waals surface area contributed by atoms with E-state index in [1.807, 2.05) is 0 Å². The number of carbonyl (C=O) groups is 1. The maximum atomic E-state index is 12.7. The van der Waals surface area contributed by atoms with Crippen molar-refractivity contribution in [2.24, 2.45) is 5.92 Å². The van der Waals surface area contributed by atoms with Crippen molar-refractivity contribution in [1.82, 2.24) is 9.78 Å². The van der Waals surface area contributed by atoms with Crippen LogP contribution in [0.3, 0.4) is 0 Å². The third kappa shape index (κ3) is 4.60. The van der Waals surface area contributed by atoms with Crippen LogP contribution in [-0.4, -0.2) is 28.9 Å². The lowest BCUT2D eigenvalue weighted by Gasteiger charge is -2.21. The number of aromatic nitrogens is 2. The van der Waals surface area contributed by atoms with Gasteiger partial charge in [-0.3, -0.25) is 9.48 Å². The van der Waals surface area contributed by atoms with Crippen LogP contribution in [0.2, 0.25) is 0 Å². The van der Waals surface area contributed by atoms with Crippen LogP contribution in [0, 0.1) is 5.92 Å². The summed E-state index contributed by atoms with van der Waals surface area (Å²) >= 11 is 0. The molecule has 0 unspecified atom stereocenters. The average Bonchev–Trinajstić information content (AvgIpc) is 3.02. The smallest absolute Gasteiger partial charge is 0.381 e. The zero-order valence-electron chi connectivity index (χ0n) is 13.4. The van der Waals surface area contributed by atoms with Crippen LogP contribution in [0.1, 0.15) is 28.8 Å². The molecule has 134 valence electrons. The van der Waals surface area contributed by atoms with E-state index < -0.39 is 17.6 Å². The summed E-state index contributed by atoms with van der Waals surface area (Å²) in [6.07, 6.45) is 0.619. The van der Waals surface area contributed by atoms with Gasteiger partial charge in [0, 0.05) is 31.5 Å². The molecular weight excluding hydrogens is 335 g/mol. The van der Waals surface area contributed by atoms with Crippen molar-refractivity contribution in [2.45, 2.75) is 25.6 Å². The lowest BCUT2D eigenvalue weighted by molar-refractivity contribution is -0.137. The quantitative estimate of drug-likeness (QED) is 0.914. The molecule has 0 spiro atoms. The number of ether oxygens (including phenoxy) is 1. The Morgan fingerprint density at radius 1 is 1.32 bits per heavy atom. The predicted molar refractivity (Wildman–Crippen MR) is 85.2 cm³/mol. The molecule has 1 aromatic carbocycles. The summed E-state index contributed by atoms with van der Waals surface area (Å²) < 4.78 is 45.2. The second kappa shape index (κ2) is 7.26. The third-order valence-electron chi connectivity index (χ3n) is 4.13. The molecule has 25 heavy (non-hydrogen) atoms. The summed E-state index contributed by atoms with van der Waals surface area (Å²) in [6, 6.07) is 4.33. The Morgan fingerprint density at radius 2 is 2.08 bits per heavy atom. The minimum Gasteiger partial charge on any atom is -0.381 e. The fourth-order valence-electron chi connectivity index (χ4n) is 2.76. The van der Waals surface area contributed by atoms with E-state index in [0.717, 1.165) is 44.7 Å². The SMILES string of the molecule is O=C(Nc1cnn(CC2CCOCC2)c1)c1cccc(C(F)(F)F)c1. The van der Waals surface area contributed by atoms with Crippen LogP contribution < -0.4 is 5.32 Å². The van der Waals surface area contributed by atoms with Gasteiger partial charge in [-0.15, -0.1) is 0 Å². The van der Waals surface area contributed by atoms with Crippen molar-refractivity contribution < 1.29 is 22.7 Å². The van der Waals surface area contributed by atoms with E-state index in [2.05, 4.69) is 10.4 Å². The zero-order chi connectivity index (χ0) is 17.9. The average molecular weight is 353 g/mol. The van der Waals surface area contributed by atoms with E-state index >= 15 is 0 Å². The van der Waals surface area contributed by atoms with E-state index in [9.17, 15) is 18.0 Å². The molecule has 1 amide bonds. The topological polar surface area (TPSA) is 56.2 Å². The first-order chi connectivity index (χ1) is 11.9. The largest absolute Gasteiger partial charge is 0.416 e. The van der Waals surface area contributed by atoms with Crippen molar-refractivity contribution in [2.75, 3.05) is 18.5 Å². The van der Waals surface area contributed by atoms with Crippen LogP contribution in [0.4, 0.5) is 18.9 Å². The molecule has 2 aromatic rings. The summed E-state index contributed by atoms with van der Waals surface area (Å²) in [4.78, 5) is 12.2. The molecule has 0 saturated carbocycles. The van der Waals surface area contributed by atoms with Gasteiger partial charge >= 0.3 is 6.18 Å². The fraction of sp³-hybridized carbons (Fsp3) is 0.412. The number of anilines is 1. The molecule has 1 aliphatic heterocycles. The highest BCUT2D eigenvalue weighted by Crippen LogP contribution is 2.29. The summed E-state index contributed by atoms with van der Waals surface area (Å²) in [6.45, 7) is 2.21. The van der Waals surface area contributed by atoms with E-state index in [0.29, 0.717) is 11.6 Å². The summed E-state index contributed by atoms with van der Waals surface area (Å²) in [7, 11) is 0. The Balaban J connectivity index is 1.63. The standard InChI is InChI=1S/C17H18F3N3O2/c18-17(19,20)14-3-1-2-13(8-14)16(24)22-15-9-21-23(11-15)10-12-4-6-25-7-5-12/h1-3,8-9,11-12H,4-7,10H2,(H,22,24). The predicted octanol–water partition coefficient (Wildman–Crippen LogP) is 3.58. The molecule has 5 nitrogen and oxygen atoms in total. The lowest BCUT2D eigenvalue weighted by atomic mass is 10.0. The molecule has 1 N–H and O–H groups in total. The van der Waals surface area contributed by atoms with E-state index in [1.54, 1.807) is 10.9 Å². The minimum atomic E-state index is -4.48. The van der Waals surface area contributed by atoms with Gasteiger partial charge in [0.25, 0.3) is 5.91 Å². The number of nitrogens with one attached hydrogen (secondary N) is 1. The highest BCUT2D eigenvalue weighted by molar-refractivity contribution is 6.04. The van der Waals surface area contributed by atoms with Crippen molar-refractivity contribution in [3.8, 4) is 0 Å². The maximum Gasteiger partial charge on any atom is 0.416 e. The molecule has 0 atom stereocenters. The van der Waals surface area contributed by atoms with E-state index in [-0.39, 0.29) is 5.56 Å². The molecule has 0 aliphatic carbocycles. The molecule has 1 aliphatic rings. The Kier molecular flexibility index (Phi) is 5.08. The molecule has 1 aromatic heterocycles. The van der Waals surface area contributed by atoms with Crippen molar-refractivity contribution in [3.05, 3.63) is 47.8 Å². The van der Waals surface area contributed by atoms with Gasteiger partial charge in [-0.1, -0.05) is 6.07 Å². The van der Waals surface area contributed by atoms with Gasteiger partial charge in [0.15, 0.2) is 0 Å². The number of amides is 1. The fourth-order valence-corrected chi connectivity index (χ4v) is 2.76. The molecule has 0 radical (unpaired) electrons. The number of benzene rings is 1. The Morgan fingerprint density at radius 3 is 2.80 bits per heavy atom. The van der Waals surface area contributed by atoms with Gasteiger partial charge in [-0.2, -0.15) is 18.3 Å². The van der Waals surface area contributed by atoms with Gasteiger partial charge in [0.1, 0.15) is 0 Å². The van der Waals surface area contributed by atoms with Gasteiger partial charge in [0.05, 0.1) is 17.4 Å². The number of rotatable bonds is 4. The molecular formula is C17H18F3N3O2. The summed E-state index contributed by atoms with van der Waals surface area (Å²) in [5.41, 5.74) is -0.447. The normalized spacial score (nSPS) is 16.0. The molecule has 1 fully saturated rings. The Labute approximate surface area is 142 Å². The molecule has 2 heterocycles. The van der Waals surface area contributed by atoms with Crippen molar-refractivity contribution in [3.63, 3.8) is 0 Å². The molecule has 0 bridgehead atoms. The van der Waals surface area contributed by atoms with Gasteiger partial charge in [0.2, 0.25) is 0 Å². The number of hydrogen-bond donors (Lipinski definition) is 1. The van der Waals surface area contributed by atoms with Crippen molar-refractivity contribution >= 4 is 11.6 Å². The number of nitrogens with zero attached hydrogens (tertiary/aromatic N) is 2. The second-order valence-corrected chi connectivity index (χ2v) is 6.04. The van der Waals surface area contributed by atoms with Crippen LogP contribution in [0.25, 0.3) is 0 Å². The first kappa shape index (κ1) is 17.5. The number of hydrogen-bond acceptors (Lipinski definition) is 3. The van der Waals surface area contributed by atoms with Crippen molar-refractivity contribution in [1.29, 1.82) is 0 Å². The van der Waals surface area contributed by atoms with Crippen LogP contribution in [0.15, 0.2) is 36.7 Å². The van der Waals surface area contributed by atoms with Crippen LogP contribution in [-0.2, 0) is 17.5 Å². The van der Waals surface area contributed by atoms with Gasteiger partial charge < -0.3 is 10.1 Å². The molecule has 3 rings (SSSR count). The van der Waals surface area contributed by atoms with Gasteiger partial charge in [-0.05, 0) is 37.0 Å². The van der Waals surface area contributed by atoms with E-state index in [1.165, 1.54) is 18.3 Å². The lowest BCUT2D eigenvalue weighted by Crippen LogP contribution is -2.20. The Bertz CT molecular complexity index is 737. The maximum absolute atomic E-state index is 12.7. The Hall–Kier alpha value is -2.35. The first-order valence-corrected chi connectivity index (χ1v) is 8.00. The summed E-state index contributed by atoms with van der Waals surface area (Å²) in [5.74, 6) is -0.127. The highest BCUT2D eigenvalue weighted by Gasteiger charge is 2.30. The monoisotopic (exact) mass is 353 g/mol. The number of carbonyl (C=O) groups excluding carboxylic acids is 1. The number of halogens is 3. The first-order valence-electron chi connectivity index (χ1n) is 8.00. The third-order valence-corrected chi connectivity index (χ3v) is 4.13. The molecule has 1 saturated heterocycles. The zero-order valence-corrected chi connectivity index (χ0v) is 13.4. The van der Waals surface area contributed by atoms with E-state index in [4.69, 9.17) is 4.74 Å².